The first-order valence-corrected chi connectivity index (χ1v) is 9.47. The van der Waals surface area contributed by atoms with E-state index in [-0.39, 0.29) is 34.4 Å². The topological polar surface area (TPSA) is 49.4 Å². The van der Waals surface area contributed by atoms with Gasteiger partial charge in [-0.25, -0.2) is 4.39 Å². The summed E-state index contributed by atoms with van der Waals surface area (Å²) in [5.74, 6) is -0.276. The number of carbonyl (C=O) groups excluding carboxylic acids is 2. The van der Waals surface area contributed by atoms with E-state index < -0.39 is 5.82 Å². The molecule has 6 heteroatoms. The van der Waals surface area contributed by atoms with Gasteiger partial charge in [-0.15, -0.1) is 0 Å². The lowest BCUT2D eigenvalue weighted by molar-refractivity contribution is -0.137. The van der Waals surface area contributed by atoms with Gasteiger partial charge in [0.1, 0.15) is 5.82 Å². The standard InChI is InChI=1S/C19H24ClFN2O2/c20-17-12-14(21)6-7-16(17)18(24)22-15-8-10-23(11-9-15)19(25)13-4-2-1-3-5-13/h6-7,12-13,15H,1-5,8-11H2,(H,22,24). The van der Waals surface area contributed by atoms with Crippen LogP contribution in [0.3, 0.4) is 0 Å². The second-order valence-corrected chi connectivity index (χ2v) is 7.44. The number of carbonyl (C=O) groups is 2. The summed E-state index contributed by atoms with van der Waals surface area (Å²) in [6.45, 7) is 1.36. The molecule has 1 aliphatic heterocycles. The third-order valence-corrected chi connectivity index (χ3v) is 5.58. The van der Waals surface area contributed by atoms with Gasteiger partial charge in [-0.3, -0.25) is 9.59 Å². The fourth-order valence-electron chi connectivity index (χ4n) is 3.79. The molecule has 1 saturated carbocycles. The van der Waals surface area contributed by atoms with Gasteiger partial charge in [-0.2, -0.15) is 0 Å². The zero-order valence-electron chi connectivity index (χ0n) is 14.3. The molecule has 0 aromatic heterocycles. The van der Waals surface area contributed by atoms with E-state index in [1.807, 2.05) is 4.90 Å². The maximum atomic E-state index is 13.1. The summed E-state index contributed by atoms with van der Waals surface area (Å²) in [7, 11) is 0. The van der Waals surface area contributed by atoms with Crippen molar-refractivity contribution in [3.63, 3.8) is 0 Å². The highest BCUT2D eigenvalue weighted by molar-refractivity contribution is 6.33. The fourth-order valence-corrected chi connectivity index (χ4v) is 4.04. The number of hydrogen-bond donors (Lipinski definition) is 1. The smallest absolute Gasteiger partial charge is 0.253 e. The SMILES string of the molecule is O=C(NC1CCN(C(=O)C2CCCCC2)CC1)c1ccc(F)cc1Cl. The molecule has 1 aromatic rings. The molecule has 1 N–H and O–H groups in total. The zero-order valence-corrected chi connectivity index (χ0v) is 15.0. The molecule has 25 heavy (non-hydrogen) atoms. The summed E-state index contributed by atoms with van der Waals surface area (Å²) in [4.78, 5) is 26.8. The van der Waals surface area contributed by atoms with Crippen LogP contribution in [0, 0.1) is 11.7 Å². The molecule has 0 spiro atoms. The van der Waals surface area contributed by atoms with E-state index in [9.17, 15) is 14.0 Å². The Morgan fingerprint density at radius 1 is 1.08 bits per heavy atom. The second-order valence-electron chi connectivity index (χ2n) is 7.03. The number of nitrogens with one attached hydrogen (secondary N) is 1. The van der Waals surface area contributed by atoms with Crippen LogP contribution in [0.25, 0.3) is 0 Å². The Morgan fingerprint density at radius 3 is 2.40 bits per heavy atom. The van der Waals surface area contributed by atoms with Crippen LogP contribution in [0.5, 0.6) is 0 Å². The molecule has 4 nitrogen and oxygen atoms in total. The normalized spacial score (nSPS) is 19.7. The number of halogens is 2. The summed E-state index contributed by atoms with van der Waals surface area (Å²) in [6, 6.07) is 3.78. The van der Waals surface area contributed by atoms with E-state index in [1.54, 1.807) is 0 Å². The molecular formula is C19H24ClFN2O2. The Kier molecular flexibility index (Phi) is 5.94. The van der Waals surface area contributed by atoms with Crippen LogP contribution in [0.2, 0.25) is 5.02 Å². The molecule has 2 amide bonds. The minimum absolute atomic E-state index is 0.0176. The highest BCUT2D eigenvalue weighted by Crippen LogP contribution is 2.26. The Labute approximate surface area is 152 Å². The molecule has 0 atom stereocenters. The molecular weight excluding hydrogens is 343 g/mol. The zero-order chi connectivity index (χ0) is 17.8. The minimum atomic E-state index is -0.462. The number of nitrogens with zero attached hydrogens (tertiary/aromatic N) is 1. The maximum Gasteiger partial charge on any atom is 0.253 e. The van der Waals surface area contributed by atoms with Crippen LogP contribution in [-0.2, 0) is 4.79 Å². The molecule has 2 fully saturated rings. The average Bonchev–Trinajstić information content (AvgIpc) is 2.62. The Bertz CT molecular complexity index is 638. The number of hydrogen-bond acceptors (Lipinski definition) is 2. The summed E-state index contributed by atoms with van der Waals surface area (Å²) < 4.78 is 13.1. The van der Waals surface area contributed by atoms with Crippen molar-refractivity contribution in [1.29, 1.82) is 0 Å². The van der Waals surface area contributed by atoms with E-state index >= 15 is 0 Å². The first kappa shape index (κ1) is 18.2. The predicted octanol–water partition coefficient (Wildman–Crippen LogP) is 3.78. The van der Waals surface area contributed by atoms with Gasteiger partial charge in [-0.1, -0.05) is 30.9 Å². The first-order valence-electron chi connectivity index (χ1n) is 9.09. The van der Waals surface area contributed by atoms with Crippen molar-refractivity contribution in [2.75, 3.05) is 13.1 Å². The quantitative estimate of drug-likeness (QED) is 0.885. The van der Waals surface area contributed by atoms with Crippen molar-refractivity contribution < 1.29 is 14.0 Å². The van der Waals surface area contributed by atoms with Gasteiger partial charge in [0.2, 0.25) is 5.91 Å². The average molecular weight is 367 g/mol. The lowest BCUT2D eigenvalue weighted by Crippen LogP contribution is -2.48. The molecule has 0 bridgehead atoms. The Morgan fingerprint density at radius 2 is 1.76 bits per heavy atom. The van der Waals surface area contributed by atoms with Gasteiger partial charge in [0.05, 0.1) is 10.6 Å². The van der Waals surface area contributed by atoms with E-state index in [2.05, 4.69) is 5.32 Å². The third-order valence-electron chi connectivity index (χ3n) is 5.27. The fraction of sp³-hybridized carbons (Fsp3) is 0.579. The summed E-state index contributed by atoms with van der Waals surface area (Å²) in [5, 5.41) is 3.06. The molecule has 1 aromatic carbocycles. The Balaban J connectivity index is 1.50. The number of benzene rings is 1. The molecule has 3 rings (SSSR count). The molecule has 1 heterocycles. The van der Waals surface area contributed by atoms with Crippen LogP contribution in [0.1, 0.15) is 55.3 Å². The van der Waals surface area contributed by atoms with Crippen LogP contribution in [-0.4, -0.2) is 35.8 Å². The van der Waals surface area contributed by atoms with Gasteiger partial charge >= 0.3 is 0 Å². The molecule has 0 unspecified atom stereocenters. The predicted molar refractivity (Wildman–Crippen MR) is 95.1 cm³/mol. The van der Waals surface area contributed by atoms with Gasteiger partial charge in [0.15, 0.2) is 0 Å². The summed E-state index contributed by atoms with van der Waals surface area (Å²) >= 11 is 5.94. The van der Waals surface area contributed by atoms with E-state index in [0.29, 0.717) is 13.1 Å². The van der Waals surface area contributed by atoms with Crippen molar-refractivity contribution in [2.24, 2.45) is 5.92 Å². The first-order chi connectivity index (χ1) is 12.0. The van der Waals surface area contributed by atoms with Crippen LogP contribution >= 0.6 is 11.6 Å². The van der Waals surface area contributed by atoms with Gasteiger partial charge in [0, 0.05) is 25.0 Å². The van der Waals surface area contributed by atoms with E-state index in [0.717, 1.165) is 44.6 Å². The molecule has 0 radical (unpaired) electrons. The van der Waals surface area contributed by atoms with Crippen molar-refractivity contribution in [1.82, 2.24) is 10.2 Å². The minimum Gasteiger partial charge on any atom is -0.349 e. The van der Waals surface area contributed by atoms with E-state index in [1.165, 1.54) is 18.6 Å². The van der Waals surface area contributed by atoms with Gasteiger partial charge < -0.3 is 10.2 Å². The molecule has 1 saturated heterocycles. The van der Waals surface area contributed by atoms with Crippen molar-refractivity contribution >= 4 is 23.4 Å². The lowest BCUT2D eigenvalue weighted by atomic mass is 9.87. The van der Waals surface area contributed by atoms with Crippen LogP contribution in [0.4, 0.5) is 4.39 Å². The number of piperidine rings is 1. The maximum absolute atomic E-state index is 13.1. The van der Waals surface area contributed by atoms with E-state index in [4.69, 9.17) is 11.6 Å². The third kappa shape index (κ3) is 4.51. The highest BCUT2D eigenvalue weighted by atomic mass is 35.5. The number of amides is 2. The Hall–Kier alpha value is -1.62. The number of likely N-dealkylation sites (tertiary alicyclic amines) is 1. The summed E-state index contributed by atoms with van der Waals surface area (Å²) in [5.41, 5.74) is 0.281. The molecule has 136 valence electrons. The van der Waals surface area contributed by atoms with Gasteiger partial charge in [0.25, 0.3) is 5.91 Å². The summed E-state index contributed by atoms with van der Waals surface area (Å²) in [6.07, 6.45) is 7.05. The lowest BCUT2D eigenvalue weighted by Gasteiger charge is -2.35. The molecule has 1 aliphatic carbocycles. The highest BCUT2D eigenvalue weighted by Gasteiger charge is 2.29. The van der Waals surface area contributed by atoms with Crippen molar-refractivity contribution in [2.45, 2.75) is 51.0 Å². The monoisotopic (exact) mass is 366 g/mol. The second kappa shape index (κ2) is 8.17. The molecule has 2 aliphatic rings. The van der Waals surface area contributed by atoms with Gasteiger partial charge in [-0.05, 0) is 43.9 Å². The van der Waals surface area contributed by atoms with Crippen molar-refractivity contribution in [3.05, 3.63) is 34.6 Å². The largest absolute Gasteiger partial charge is 0.349 e. The number of rotatable bonds is 3. The van der Waals surface area contributed by atoms with Crippen LogP contribution in [0.15, 0.2) is 18.2 Å². The van der Waals surface area contributed by atoms with Crippen molar-refractivity contribution in [3.8, 4) is 0 Å². The van der Waals surface area contributed by atoms with Crippen LogP contribution < -0.4 is 5.32 Å².